The number of carbonyl (C=O) groups is 2. The summed E-state index contributed by atoms with van der Waals surface area (Å²) in [5.74, 6) is 5.97. The Labute approximate surface area is 174 Å². The Hall–Kier alpha value is -3.55. The van der Waals surface area contributed by atoms with Gasteiger partial charge in [0.1, 0.15) is 5.75 Å². The number of rotatable bonds is 6. The van der Waals surface area contributed by atoms with E-state index in [0.717, 1.165) is 5.56 Å². The summed E-state index contributed by atoms with van der Waals surface area (Å²) >= 11 is 5.84. The first kappa shape index (κ1) is 20.2. The van der Waals surface area contributed by atoms with E-state index in [1.165, 1.54) is 0 Å². The van der Waals surface area contributed by atoms with Crippen LogP contribution in [0.2, 0.25) is 5.02 Å². The maximum absolute atomic E-state index is 12.4. The molecule has 144 valence electrons. The Morgan fingerprint density at radius 2 is 1.48 bits per heavy atom. The Morgan fingerprint density at radius 3 is 2.14 bits per heavy atom. The average molecular weight is 404 g/mol. The molecule has 1 N–H and O–H groups in total. The van der Waals surface area contributed by atoms with E-state index < -0.39 is 0 Å². The van der Waals surface area contributed by atoms with Gasteiger partial charge in [-0.1, -0.05) is 41.6 Å². The van der Waals surface area contributed by atoms with Crippen molar-refractivity contribution in [3.63, 3.8) is 0 Å². The highest BCUT2D eigenvalue weighted by atomic mass is 35.5. The number of hydrogen-bond donors (Lipinski definition) is 1. The minimum absolute atomic E-state index is 0.108. The van der Waals surface area contributed by atoms with Crippen LogP contribution in [0.15, 0.2) is 78.9 Å². The highest BCUT2D eigenvalue weighted by molar-refractivity contribution is 6.30. The first-order chi connectivity index (χ1) is 14.1. The van der Waals surface area contributed by atoms with E-state index in [2.05, 4.69) is 17.2 Å². The van der Waals surface area contributed by atoms with Gasteiger partial charge in [-0.05, 0) is 60.7 Å². The molecule has 3 aromatic rings. The molecule has 0 saturated carbocycles. The molecule has 5 heteroatoms. The van der Waals surface area contributed by atoms with Gasteiger partial charge >= 0.3 is 0 Å². The molecule has 3 rings (SSSR count). The topological polar surface area (TPSA) is 55.4 Å². The SMILES string of the molecule is O=C(COc1ccc(C(=O)c2ccc(Cl)cc2)cc1)NCC#Cc1ccccc1. The number of ether oxygens (including phenoxy) is 1. The highest BCUT2D eigenvalue weighted by Crippen LogP contribution is 2.17. The van der Waals surface area contributed by atoms with E-state index in [1.807, 2.05) is 30.3 Å². The predicted octanol–water partition coefficient (Wildman–Crippen LogP) is 4.12. The van der Waals surface area contributed by atoms with Crippen LogP contribution >= 0.6 is 11.6 Å². The van der Waals surface area contributed by atoms with Crippen LogP contribution in [0.3, 0.4) is 0 Å². The van der Waals surface area contributed by atoms with Crippen LogP contribution in [0.5, 0.6) is 5.75 Å². The molecular weight excluding hydrogens is 386 g/mol. The normalized spacial score (nSPS) is 9.83. The van der Waals surface area contributed by atoms with Crippen molar-refractivity contribution in [1.29, 1.82) is 0 Å². The van der Waals surface area contributed by atoms with E-state index in [0.29, 0.717) is 21.9 Å². The maximum atomic E-state index is 12.4. The lowest BCUT2D eigenvalue weighted by Crippen LogP contribution is -2.29. The molecule has 0 aliphatic carbocycles. The third-order valence-electron chi connectivity index (χ3n) is 3.97. The standard InChI is InChI=1S/C24H18ClNO3/c25-21-12-8-19(9-13-21)24(28)20-10-14-22(15-11-20)29-17-23(27)26-16-4-7-18-5-2-1-3-6-18/h1-3,5-6,8-15H,16-17H2,(H,26,27). The summed E-state index contributed by atoms with van der Waals surface area (Å²) in [6, 6.07) is 22.9. The van der Waals surface area contributed by atoms with Gasteiger partial charge < -0.3 is 10.1 Å². The van der Waals surface area contributed by atoms with Gasteiger partial charge in [-0.3, -0.25) is 9.59 Å². The lowest BCUT2D eigenvalue weighted by Gasteiger charge is -2.07. The zero-order chi connectivity index (χ0) is 20.5. The van der Waals surface area contributed by atoms with Crippen molar-refractivity contribution in [2.75, 3.05) is 13.2 Å². The number of benzene rings is 3. The lowest BCUT2D eigenvalue weighted by molar-refractivity contribution is -0.122. The second kappa shape index (κ2) is 10.1. The maximum Gasteiger partial charge on any atom is 0.258 e. The molecule has 3 aromatic carbocycles. The number of ketones is 1. The Morgan fingerprint density at radius 1 is 0.862 bits per heavy atom. The van der Waals surface area contributed by atoms with E-state index >= 15 is 0 Å². The van der Waals surface area contributed by atoms with Crippen molar-refractivity contribution >= 4 is 23.3 Å². The fraction of sp³-hybridized carbons (Fsp3) is 0.0833. The van der Waals surface area contributed by atoms with Crippen molar-refractivity contribution in [2.24, 2.45) is 0 Å². The van der Waals surface area contributed by atoms with Gasteiger partial charge in [0.15, 0.2) is 12.4 Å². The Balaban J connectivity index is 1.46. The molecule has 0 saturated heterocycles. The molecule has 0 fully saturated rings. The molecule has 0 aliphatic rings. The molecule has 0 atom stereocenters. The van der Waals surface area contributed by atoms with Crippen LogP contribution in [0.1, 0.15) is 21.5 Å². The molecule has 1 amide bonds. The van der Waals surface area contributed by atoms with Crippen molar-refractivity contribution in [2.45, 2.75) is 0 Å². The van der Waals surface area contributed by atoms with Crippen LogP contribution in [0.4, 0.5) is 0 Å². The number of carbonyl (C=O) groups excluding carboxylic acids is 2. The number of amides is 1. The summed E-state index contributed by atoms with van der Waals surface area (Å²) in [5.41, 5.74) is 1.98. The number of halogens is 1. The summed E-state index contributed by atoms with van der Waals surface area (Å²) in [7, 11) is 0. The smallest absolute Gasteiger partial charge is 0.258 e. The molecule has 29 heavy (non-hydrogen) atoms. The van der Waals surface area contributed by atoms with Gasteiger partial charge in [0, 0.05) is 21.7 Å². The Kier molecular flexibility index (Phi) is 7.05. The first-order valence-corrected chi connectivity index (χ1v) is 9.33. The van der Waals surface area contributed by atoms with Gasteiger partial charge in [-0.15, -0.1) is 0 Å². The third kappa shape index (κ3) is 6.24. The van der Waals surface area contributed by atoms with Crippen LogP contribution in [0.25, 0.3) is 0 Å². The third-order valence-corrected chi connectivity index (χ3v) is 4.23. The van der Waals surface area contributed by atoms with Gasteiger partial charge in [0.2, 0.25) is 0 Å². The summed E-state index contributed by atoms with van der Waals surface area (Å²) < 4.78 is 5.45. The second-order valence-corrected chi connectivity index (χ2v) is 6.53. The fourth-order valence-electron chi connectivity index (χ4n) is 2.48. The Bertz CT molecular complexity index is 1030. The predicted molar refractivity (Wildman–Crippen MR) is 113 cm³/mol. The summed E-state index contributed by atoms with van der Waals surface area (Å²) in [6.45, 7) is 0.114. The molecule has 0 radical (unpaired) electrons. The van der Waals surface area contributed by atoms with Crippen LogP contribution in [-0.2, 0) is 4.79 Å². The van der Waals surface area contributed by atoms with E-state index in [1.54, 1.807) is 48.5 Å². The minimum Gasteiger partial charge on any atom is -0.484 e. The molecule has 0 aromatic heterocycles. The average Bonchev–Trinajstić information content (AvgIpc) is 2.76. The van der Waals surface area contributed by atoms with Gasteiger partial charge in [0.25, 0.3) is 5.91 Å². The molecule has 0 heterocycles. The first-order valence-electron chi connectivity index (χ1n) is 8.95. The minimum atomic E-state index is -0.270. The monoisotopic (exact) mass is 403 g/mol. The van der Waals surface area contributed by atoms with Gasteiger partial charge in [-0.2, -0.15) is 0 Å². The molecule has 0 bridgehead atoms. The largest absolute Gasteiger partial charge is 0.484 e. The molecule has 0 aliphatic heterocycles. The molecule has 0 unspecified atom stereocenters. The van der Waals surface area contributed by atoms with E-state index in [-0.39, 0.29) is 24.8 Å². The van der Waals surface area contributed by atoms with Crippen LogP contribution in [-0.4, -0.2) is 24.8 Å². The van der Waals surface area contributed by atoms with Gasteiger partial charge in [-0.25, -0.2) is 0 Å². The van der Waals surface area contributed by atoms with Crippen LogP contribution < -0.4 is 10.1 Å². The zero-order valence-electron chi connectivity index (χ0n) is 15.5. The lowest BCUT2D eigenvalue weighted by atomic mass is 10.0. The number of hydrogen-bond acceptors (Lipinski definition) is 3. The van der Waals surface area contributed by atoms with E-state index in [4.69, 9.17) is 16.3 Å². The van der Waals surface area contributed by atoms with Crippen LogP contribution in [0, 0.1) is 11.8 Å². The van der Waals surface area contributed by atoms with Crippen molar-refractivity contribution in [3.8, 4) is 17.6 Å². The van der Waals surface area contributed by atoms with Gasteiger partial charge in [0.05, 0.1) is 6.54 Å². The second-order valence-electron chi connectivity index (χ2n) is 6.09. The van der Waals surface area contributed by atoms with E-state index in [9.17, 15) is 9.59 Å². The van der Waals surface area contributed by atoms with Crippen molar-refractivity contribution in [1.82, 2.24) is 5.32 Å². The summed E-state index contributed by atoms with van der Waals surface area (Å²) in [6.07, 6.45) is 0. The fourth-order valence-corrected chi connectivity index (χ4v) is 2.61. The highest BCUT2D eigenvalue weighted by Gasteiger charge is 2.09. The number of nitrogens with one attached hydrogen (secondary N) is 1. The molecule has 0 spiro atoms. The molecular formula is C24H18ClNO3. The zero-order valence-corrected chi connectivity index (χ0v) is 16.3. The summed E-state index contributed by atoms with van der Waals surface area (Å²) in [5, 5.41) is 3.25. The molecule has 4 nitrogen and oxygen atoms in total. The summed E-state index contributed by atoms with van der Waals surface area (Å²) in [4.78, 5) is 24.3. The quantitative estimate of drug-likeness (QED) is 0.497. The van der Waals surface area contributed by atoms with Crippen molar-refractivity contribution < 1.29 is 14.3 Å². The van der Waals surface area contributed by atoms with Crippen molar-refractivity contribution in [3.05, 3.63) is 101 Å².